The van der Waals surface area contributed by atoms with E-state index in [1.165, 1.54) is 32.1 Å². The van der Waals surface area contributed by atoms with Gasteiger partial charge in [0.1, 0.15) is 0 Å². The van der Waals surface area contributed by atoms with Crippen LogP contribution in [0.25, 0.3) is 0 Å². The van der Waals surface area contributed by atoms with E-state index in [1.807, 2.05) is 0 Å². The van der Waals surface area contributed by atoms with Crippen LogP contribution in [0.4, 0.5) is 0 Å². The maximum Gasteiger partial charge on any atom is 0.223 e. The van der Waals surface area contributed by atoms with Crippen LogP contribution in [-0.4, -0.2) is 12.5 Å². The first kappa shape index (κ1) is 14.0. The molecule has 0 atom stereocenters. The Kier molecular flexibility index (Phi) is 7.46. The molecule has 1 saturated carbocycles. The van der Waals surface area contributed by atoms with Crippen molar-refractivity contribution in [3.05, 3.63) is 0 Å². The van der Waals surface area contributed by atoms with Gasteiger partial charge in [0.15, 0.2) is 0 Å². The maximum absolute atomic E-state index is 11.9. The fourth-order valence-corrected chi connectivity index (χ4v) is 2.40. The molecule has 0 heterocycles. The van der Waals surface area contributed by atoms with Crippen LogP contribution in [0.1, 0.15) is 64.2 Å². The molecule has 0 aromatic heterocycles. The van der Waals surface area contributed by atoms with Gasteiger partial charge in [-0.2, -0.15) is 5.26 Å². The summed E-state index contributed by atoms with van der Waals surface area (Å²) in [5, 5.41) is 11.4. The predicted molar refractivity (Wildman–Crippen MR) is 68.3 cm³/mol. The van der Waals surface area contributed by atoms with Gasteiger partial charge in [0, 0.05) is 18.9 Å². The largest absolute Gasteiger partial charge is 0.356 e. The van der Waals surface area contributed by atoms with Gasteiger partial charge < -0.3 is 5.32 Å². The summed E-state index contributed by atoms with van der Waals surface area (Å²) in [6, 6.07) is 2.12. The molecule has 0 saturated heterocycles. The summed E-state index contributed by atoms with van der Waals surface area (Å²) >= 11 is 0. The molecule has 0 aromatic carbocycles. The second kappa shape index (κ2) is 9.04. The highest BCUT2D eigenvalue weighted by Crippen LogP contribution is 2.22. The molecule has 1 fully saturated rings. The number of carbonyl (C=O) groups is 1. The standard InChI is InChI=1S/C14H24N2O/c15-11-7-4-8-12-16-14(17)13-9-5-2-1-3-6-10-13/h13H,1-10,12H2,(H,16,17). The molecule has 3 nitrogen and oxygen atoms in total. The minimum atomic E-state index is 0.240. The van der Waals surface area contributed by atoms with Gasteiger partial charge in [-0.1, -0.05) is 32.1 Å². The van der Waals surface area contributed by atoms with E-state index in [0.717, 1.165) is 32.2 Å². The number of carbonyl (C=O) groups excluding carboxylic acids is 1. The van der Waals surface area contributed by atoms with E-state index in [4.69, 9.17) is 5.26 Å². The zero-order chi connectivity index (χ0) is 12.3. The number of nitrogens with one attached hydrogen (secondary N) is 1. The molecule has 1 aliphatic carbocycles. The average molecular weight is 236 g/mol. The first-order chi connectivity index (χ1) is 8.34. The Hall–Kier alpha value is -1.04. The van der Waals surface area contributed by atoms with Crippen LogP contribution in [0.2, 0.25) is 0 Å². The van der Waals surface area contributed by atoms with E-state index in [9.17, 15) is 4.79 Å². The fraction of sp³-hybridized carbons (Fsp3) is 0.857. The molecule has 0 bridgehead atoms. The third-order valence-corrected chi connectivity index (χ3v) is 3.49. The van der Waals surface area contributed by atoms with E-state index in [0.29, 0.717) is 6.42 Å². The zero-order valence-corrected chi connectivity index (χ0v) is 10.7. The molecule has 3 heteroatoms. The summed E-state index contributed by atoms with van der Waals surface area (Å²) in [4.78, 5) is 11.9. The van der Waals surface area contributed by atoms with E-state index >= 15 is 0 Å². The molecule has 1 aliphatic rings. The topological polar surface area (TPSA) is 52.9 Å². The SMILES string of the molecule is N#CCCCCNC(=O)C1CCCCCCC1. The number of hydrogen-bond acceptors (Lipinski definition) is 2. The van der Waals surface area contributed by atoms with Crippen molar-refractivity contribution in [2.24, 2.45) is 5.92 Å². The van der Waals surface area contributed by atoms with Crippen molar-refractivity contribution < 1.29 is 4.79 Å². The summed E-state index contributed by atoms with van der Waals surface area (Å²) in [5.74, 6) is 0.482. The highest BCUT2D eigenvalue weighted by atomic mass is 16.1. The fourth-order valence-electron chi connectivity index (χ4n) is 2.40. The van der Waals surface area contributed by atoms with Crippen LogP contribution in [0, 0.1) is 17.2 Å². The Morgan fingerprint density at radius 2 is 1.76 bits per heavy atom. The van der Waals surface area contributed by atoms with Crippen molar-refractivity contribution in [1.82, 2.24) is 5.32 Å². The van der Waals surface area contributed by atoms with Crippen molar-refractivity contribution in [2.45, 2.75) is 64.2 Å². The molecule has 1 rings (SSSR count). The third kappa shape index (κ3) is 6.31. The van der Waals surface area contributed by atoms with Crippen LogP contribution in [0.15, 0.2) is 0 Å². The van der Waals surface area contributed by atoms with Gasteiger partial charge in [-0.25, -0.2) is 0 Å². The molecule has 17 heavy (non-hydrogen) atoms. The van der Waals surface area contributed by atoms with Gasteiger partial charge >= 0.3 is 0 Å². The zero-order valence-electron chi connectivity index (χ0n) is 10.7. The quantitative estimate of drug-likeness (QED) is 0.745. The number of nitrogens with zero attached hydrogens (tertiary/aromatic N) is 1. The molecule has 0 aliphatic heterocycles. The Balaban J connectivity index is 2.14. The Morgan fingerprint density at radius 1 is 1.12 bits per heavy atom. The second-order valence-electron chi connectivity index (χ2n) is 4.95. The molecular weight excluding hydrogens is 212 g/mol. The van der Waals surface area contributed by atoms with Crippen LogP contribution in [0.3, 0.4) is 0 Å². The van der Waals surface area contributed by atoms with Gasteiger partial charge in [0.05, 0.1) is 6.07 Å². The Labute approximate surface area is 105 Å². The Morgan fingerprint density at radius 3 is 2.41 bits per heavy atom. The normalized spacial score (nSPS) is 17.8. The van der Waals surface area contributed by atoms with Gasteiger partial charge in [0.2, 0.25) is 5.91 Å². The van der Waals surface area contributed by atoms with Crippen LogP contribution in [0.5, 0.6) is 0 Å². The van der Waals surface area contributed by atoms with Gasteiger partial charge in [0.25, 0.3) is 0 Å². The molecule has 96 valence electrons. The lowest BCUT2D eigenvalue weighted by molar-refractivity contribution is -0.125. The minimum absolute atomic E-state index is 0.240. The molecule has 1 amide bonds. The monoisotopic (exact) mass is 236 g/mol. The van der Waals surface area contributed by atoms with Crippen molar-refractivity contribution in [3.63, 3.8) is 0 Å². The van der Waals surface area contributed by atoms with Gasteiger partial charge in [-0.3, -0.25) is 4.79 Å². The number of amides is 1. The van der Waals surface area contributed by atoms with E-state index < -0.39 is 0 Å². The first-order valence-corrected chi connectivity index (χ1v) is 6.99. The highest BCUT2D eigenvalue weighted by molar-refractivity contribution is 5.78. The Bertz CT molecular complexity index is 249. The van der Waals surface area contributed by atoms with Gasteiger partial charge in [-0.15, -0.1) is 0 Å². The van der Waals surface area contributed by atoms with Crippen molar-refractivity contribution in [3.8, 4) is 6.07 Å². The smallest absolute Gasteiger partial charge is 0.223 e. The van der Waals surface area contributed by atoms with Crippen LogP contribution >= 0.6 is 0 Å². The first-order valence-electron chi connectivity index (χ1n) is 6.99. The van der Waals surface area contributed by atoms with E-state index in [1.54, 1.807) is 0 Å². The molecule has 0 radical (unpaired) electrons. The third-order valence-electron chi connectivity index (χ3n) is 3.49. The van der Waals surface area contributed by atoms with E-state index in [2.05, 4.69) is 11.4 Å². The summed E-state index contributed by atoms with van der Waals surface area (Å²) in [6.07, 6.45) is 10.8. The van der Waals surface area contributed by atoms with Crippen molar-refractivity contribution in [1.29, 1.82) is 5.26 Å². The second-order valence-corrected chi connectivity index (χ2v) is 4.95. The lowest BCUT2D eigenvalue weighted by Gasteiger charge is -2.19. The number of rotatable bonds is 5. The number of unbranched alkanes of at least 4 members (excludes halogenated alkanes) is 2. The summed E-state index contributed by atoms with van der Waals surface area (Å²) in [5.41, 5.74) is 0. The molecular formula is C14H24N2O. The molecule has 0 spiro atoms. The average Bonchev–Trinajstić information content (AvgIpc) is 2.28. The van der Waals surface area contributed by atoms with Gasteiger partial charge in [-0.05, 0) is 25.7 Å². The molecule has 0 unspecified atom stereocenters. The summed E-state index contributed by atoms with van der Waals surface area (Å²) in [6.45, 7) is 0.733. The lowest BCUT2D eigenvalue weighted by atomic mass is 9.90. The van der Waals surface area contributed by atoms with Crippen LogP contribution in [-0.2, 0) is 4.79 Å². The molecule has 1 N–H and O–H groups in total. The summed E-state index contributed by atoms with van der Waals surface area (Å²) < 4.78 is 0. The minimum Gasteiger partial charge on any atom is -0.356 e. The van der Waals surface area contributed by atoms with Crippen molar-refractivity contribution in [2.75, 3.05) is 6.54 Å². The maximum atomic E-state index is 11.9. The van der Waals surface area contributed by atoms with E-state index in [-0.39, 0.29) is 11.8 Å². The van der Waals surface area contributed by atoms with Crippen LogP contribution < -0.4 is 5.32 Å². The summed E-state index contributed by atoms with van der Waals surface area (Å²) in [7, 11) is 0. The highest BCUT2D eigenvalue weighted by Gasteiger charge is 2.18. The molecule has 0 aromatic rings. The number of hydrogen-bond donors (Lipinski definition) is 1. The van der Waals surface area contributed by atoms with Crippen molar-refractivity contribution >= 4 is 5.91 Å². The predicted octanol–water partition coefficient (Wildman–Crippen LogP) is 3.16. The lowest BCUT2D eigenvalue weighted by Crippen LogP contribution is -2.31. The number of nitriles is 1.